The van der Waals surface area contributed by atoms with Crippen molar-refractivity contribution in [1.82, 2.24) is 9.97 Å². The molecule has 1 heterocycles. The lowest BCUT2D eigenvalue weighted by atomic mass is 9.95. The number of rotatable bonds is 5. The first-order valence-electron chi connectivity index (χ1n) is 6.66. The monoisotopic (exact) mass is 298 g/mol. The van der Waals surface area contributed by atoms with E-state index in [0.717, 1.165) is 5.56 Å². The highest BCUT2D eigenvalue weighted by Gasteiger charge is 2.23. The number of aromatic nitrogens is 2. The van der Waals surface area contributed by atoms with E-state index in [2.05, 4.69) is 15.3 Å². The molecule has 5 nitrogen and oxygen atoms in total. The molecule has 0 aliphatic heterocycles. The fraction of sp³-hybridized carbons (Fsp3) is 0.714. The number of hydrogen-bond donors (Lipinski definition) is 3. The van der Waals surface area contributed by atoms with Crippen molar-refractivity contribution in [2.24, 2.45) is 0 Å². The minimum absolute atomic E-state index is 0.167. The summed E-state index contributed by atoms with van der Waals surface area (Å²) >= 11 is 1.61. The molecule has 0 aromatic carbocycles. The number of nitrogens with one attached hydrogen (secondary N) is 1. The molecule has 114 valence electrons. The predicted molar refractivity (Wildman–Crippen MR) is 87.4 cm³/mol. The van der Waals surface area contributed by atoms with Crippen molar-refractivity contribution in [2.45, 2.75) is 45.6 Å². The Hall–Kier alpha value is -1.01. The molecule has 0 radical (unpaired) electrons. The molecule has 1 unspecified atom stereocenters. The summed E-state index contributed by atoms with van der Waals surface area (Å²) in [7, 11) is 0. The Morgan fingerprint density at radius 1 is 1.25 bits per heavy atom. The van der Waals surface area contributed by atoms with Crippen LogP contribution in [0, 0.1) is 6.92 Å². The van der Waals surface area contributed by atoms with Gasteiger partial charge in [-0.05, 0) is 20.1 Å². The van der Waals surface area contributed by atoms with Gasteiger partial charge in [-0.25, -0.2) is 9.97 Å². The van der Waals surface area contributed by atoms with E-state index in [1.807, 2.05) is 34.0 Å². The Morgan fingerprint density at radius 2 is 1.85 bits per heavy atom. The first-order valence-corrected chi connectivity index (χ1v) is 8.06. The minimum Gasteiger partial charge on any atom is -0.387 e. The maximum Gasteiger partial charge on any atom is 0.138 e. The fourth-order valence-electron chi connectivity index (χ4n) is 1.68. The van der Waals surface area contributed by atoms with Gasteiger partial charge in [0.1, 0.15) is 17.5 Å². The highest BCUT2D eigenvalue weighted by atomic mass is 32.2. The van der Waals surface area contributed by atoms with Gasteiger partial charge >= 0.3 is 0 Å². The second-order valence-electron chi connectivity index (χ2n) is 6.44. The summed E-state index contributed by atoms with van der Waals surface area (Å²) in [6.45, 7) is 10.3. The molecular formula is C14H26N4OS. The van der Waals surface area contributed by atoms with Crippen LogP contribution in [0.25, 0.3) is 0 Å². The third kappa shape index (κ3) is 4.52. The minimum atomic E-state index is -0.784. The maximum atomic E-state index is 10.2. The number of thioether (sulfide) groups is 1. The van der Waals surface area contributed by atoms with Crippen molar-refractivity contribution in [2.75, 3.05) is 29.6 Å². The van der Waals surface area contributed by atoms with Gasteiger partial charge in [0.05, 0.1) is 5.60 Å². The normalized spacial score (nSPS) is 14.9. The van der Waals surface area contributed by atoms with Crippen molar-refractivity contribution in [1.29, 1.82) is 0 Å². The van der Waals surface area contributed by atoms with Crippen molar-refractivity contribution >= 4 is 23.4 Å². The average Bonchev–Trinajstić information content (AvgIpc) is 2.29. The second kappa shape index (κ2) is 6.18. The Morgan fingerprint density at radius 3 is 2.35 bits per heavy atom. The van der Waals surface area contributed by atoms with Gasteiger partial charge in [0.2, 0.25) is 0 Å². The Kier molecular flexibility index (Phi) is 5.27. The number of nitrogen functional groups attached to an aromatic ring is 1. The summed E-state index contributed by atoms with van der Waals surface area (Å²) in [5.41, 5.74) is 5.83. The fourth-order valence-corrected chi connectivity index (χ4v) is 2.40. The van der Waals surface area contributed by atoms with Gasteiger partial charge < -0.3 is 16.2 Å². The summed E-state index contributed by atoms with van der Waals surface area (Å²) in [6, 6.07) is 0. The van der Waals surface area contributed by atoms with E-state index in [1.165, 1.54) is 0 Å². The van der Waals surface area contributed by atoms with Crippen LogP contribution in [0.2, 0.25) is 0 Å². The molecule has 0 bridgehead atoms. The average molecular weight is 298 g/mol. The summed E-state index contributed by atoms with van der Waals surface area (Å²) in [4.78, 5) is 8.89. The zero-order chi connectivity index (χ0) is 15.6. The summed E-state index contributed by atoms with van der Waals surface area (Å²) in [6.07, 6.45) is 1.97. The first-order chi connectivity index (χ1) is 9.07. The topological polar surface area (TPSA) is 84.1 Å². The number of nitrogens with two attached hydrogens (primary N) is 1. The van der Waals surface area contributed by atoms with Crippen LogP contribution in [0.15, 0.2) is 0 Å². The molecule has 0 saturated carbocycles. The molecule has 0 spiro atoms. The standard InChI is InChI=1S/C14H26N4OS/c1-9-10(15)17-12(13(2,3)4)18-11(9)16-7-14(5,19)8-20-6/h19H,7-8H2,1-6H3,(H3,15,16,17,18). The summed E-state index contributed by atoms with van der Waals surface area (Å²) in [5.74, 6) is 2.54. The lowest BCUT2D eigenvalue weighted by Gasteiger charge is -2.25. The molecule has 0 aliphatic rings. The maximum absolute atomic E-state index is 10.2. The quantitative estimate of drug-likeness (QED) is 0.773. The van der Waals surface area contributed by atoms with E-state index in [-0.39, 0.29) is 5.41 Å². The highest BCUT2D eigenvalue weighted by Crippen LogP contribution is 2.25. The molecule has 4 N–H and O–H groups in total. The molecule has 1 aromatic heterocycles. The lowest BCUT2D eigenvalue weighted by molar-refractivity contribution is 0.0996. The Bertz CT molecular complexity index is 469. The van der Waals surface area contributed by atoms with E-state index < -0.39 is 5.60 Å². The third-order valence-corrected chi connectivity index (χ3v) is 3.86. The van der Waals surface area contributed by atoms with E-state index >= 15 is 0 Å². The molecule has 1 aromatic rings. The van der Waals surface area contributed by atoms with Gasteiger partial charge in [0.15, 0.2) is 0 Å². The largest absolute Gasteiger partial charge is 0.387 e. The van der Waals surface area contributed by atoms with Crippen molar-refractivity contribution < 1.29 is 5.11 Å². The van der Waals surface area contributed by atoms with Crippen molar-refractivity contribution in [3.05, 3.63) is 11.4 Å². The molecule has 6 heteroatoms. The van der Waals surface area contributed by atoms with Crippen molar-refractivity contribution in [3.8, 4) is 0 Å². The van der Waals surface area contributed by atoms with Crippen LogP contribution in [-0.2, 0) is 5.41 Å². The number of nitrogens with zero attached hydrogens (tertiary/aromatic N) is 2. The lowest BCUT2D eigenvalue weighted by Crippen LogP contribution is -2.36. The zero-order valence-corrected chi connectivity index (χ0v) is 14.1. The van der Waals surface area contributed by atoms with E-state index in [1.54, 1.807) is 18.7 Å². The Labute approximate surface area is 125 Å². The molecular weight excluding hydrogens is 272 g/mol. The van der Waals surface area contributed by atoms with Gasteiger partial charge in [-0.3, -0.25) is 0 Å². The van der Waals surface area contributed by atoms with E-state index in [4.69, 9.17) is 5.73 Å². The smallest absolute Gasteiger partial charge is 0.138 e. The SMILES string of the molecule is CSCC(C)(O)CNc1nc(C(C)(C)C)nc(N)c1C. The molecule has 0 amide bonds. The van der Waals surface area contributed by atoms with Crippen LogP contribution in [0.5, 0.6) is 0 Å². The zero-order valence-electron chi connectivity index (χ0n) is 13.2. The van der Waals surface area contributed by atoms with Gasteiger partial charge in [-0.1, -0.05) is 20.8 Å². The van der Waals surface area contributed by atoms with Crippen LogP contribution < -0.4 is 11.1 Å². The van der Waals surface area contributed by atoms with Crippen LogP contribution in [0.3, 0.4) is 0 Å². The molecule has 0 fully saturated rings. The van der Waals surface area contributed by atoms with Gasteiger partial charge in [-0.15, -0.1) is 0 Å². The van der Waals surface area contributed by atoms with Gasteiger partial charge in [0.25, 0.3) is 0 Å². The predicted octanol–water partition coefficient (Wildman–Crippen LogP) is 2.19. The van der Waals surface area contributed by atoms with Gasteiger partial charge in [0, 0.05) is 23.3 Å². The Balaban J connectivity index is 2.98. The summed E-state index contributed by atoms with van der Waals surface area (Å²) in [5, 5.41) is 13.4. The van der Waals surface area contributed by atoms with E-state index in [9.17, 15) is 5.11 Å². The summed E-state index contributed by atoms with van der Waals surface area (Å²) < 4.78 is 0. The van der Waals surface area contributed by atoms with Crippen molar-refractivity contribution in [3.63, 3.8) is 0 Å². The number of anilines is 2. The third-order valence-electron chi connectivity index (χ3n) is 2.95. The van der Waals surface area contributed by atoms with Crippen LogP contribution in [0.1, 0.15) is 39.1 Å². The molecule has 1 rings (SSSR count). The molecule has 0 saturated heterocycles. The van der Waals surface area contributed by atoms with Crippen LogP contribution >= 0.6 is 11.8 Å². The van der Waals surface area contributed by atoms with Crippen LogP contribution in [-0.4, -0.2) is 39.2 Å². The molecule has 0 aliphatic carbocycles. The number of hydrogen-bond acceptors (Lipinski definition) is 6. The first kappa shape index (κ1) is 17.0. The van der Waals surface area contributed by atoms with E-state index in [0.29, 0.717) is 29.8 Å². The van der Waals surface area contributed by atoms with Gasteiger partial charge in [-0.2, -0.15) is 11.8 Å². The molecule has 20 heavy (non-hydrogen) atoms. The number of aliphatic hydroxyl groups is 1. The second-order valence-corrected chi connectivity index (χ2v) is 7.31. The van der Waals surface area contributed by atoms with Crippen LogP contribution in [0.4, 0.5) is 11.6 Å². The highest BCUT2D eigenvalue weighted by molar-refractivity contribution is 7.98. The molecule has 1 atom stereocenters.